The van der Waals surface area contributed by atoms with Crippen molar-refractivity contribution in [2.45, 2.75) is 45.1 Å². The molecule has 2 nitrogen and oxygen atoms in total. The molecule has 2 N–H and O–H groups in total. The monoisotopic (exact) mass is 230 g/mol. The van der Waals surface area contributed by atoms with Crippen molar-refractivity contribution >= 4 is 11.8 Å². The Hall–Kier alpha value is 0.270. The topological polar surface area (TPSA) is 29.3 Å². The first-order valence-electron chi connectivity index (χ1n) is 6.40. The molecule has 90 valence electrons. The maximum atomic E-state index is 5.67. The number of thioether (sulfide) groups is 1. The van der Waals surface area contributed by atoms with Gasteiger partial charge in [0.2, 0.25) is 0 Å². The van der Waals surface area contributed by atoms with Crippen LogP contribution in [0.15, 0.2) is 0 Å². The third-order valence-electron chi connectivity index (χ3n) is 3.19. The van der Waals surface area contributed by atoms with Gasteiger partial charge in [-0.25, -0.2) is 0 Å². The molecule has 0 saturated carbocycles. The third kappa shape index (κ3) is 5.23. The molecule has 0 bridgehead atoms. The number of likely N-dealkylation sites (tertiary alicyclic amines) is 1. The second kappa shape index (κ2) is 8.43. The van der Waals surface area contributed by atoms with Crippen molar-refractivity contribution in [3.8, 4) is 0 Å². The molecule has 1 rings (SSSR count). The van der Waals surface area contributed by atoms with E-state index in [0.717, 1.165) is 12.6 Å². The minimum atomic E-state index is 0.787. The van der Waals surface area contributed by atoms with Crippen LogP contribution in [0.5, 0.6) is 0 Å². The summed E-state index contributed by atoms with van der Waals surface area (Å²) in [6.07, 6.45) is 6.71. The maximum absolute atomic E-state index is 5.67. The fraction of sp³-hybridized carbons (Fsp3) is 1.00. The fourth-order valence-electron chi connectivity index (χ4n) is 2.39. The molecule has 1 atom stereocenters. The molecule has 0 radical (unpaired) electrons. The van der Waals surface area contributed by atoms with Gasteiger partial charge in [-0.15, -0.1) is 0 Å². The summed E-state index contributed by atoms with van der Waals surface area (Å²) in [5.41, 5.74) is 5.67. The summed E-state index contributed by atoms with van der Waals surface area (Å²) < 4.78 is 0. The number of hydrogen-bond donors (Lipinski definition) is 1. The smallest absolute Gasteiger partial charge is 0.0107 e. The van der Waals surface area contributed by atoms with Crippen molar-refractivity contribution in [1.29, 1.82) is 0 Å². The minimum absolute atomic E-state index is 0.787. The highest BCUT2D eigenvalue weighted by molar-refractivity contribution is 7.99. The third-order valence-corrected chi connectivity index (χ3v) is 4.17. The largest absolute Gasteiger partial charge is 0.330 e. The van der Waals surface area contributed by atoms with E-state index < -0.39 is 0 Å². The SMILES string of the molecule is CCSCCCN1CCCCC1CCN. The molecule has 1 aliphatic heterocycles. The van der Waals surface area contributed by atoms with Gasteiger partial charge in [0.05, 0.1) is 0 Å². The quantitative estimate of drug-likeness (QED) is 0.681. The van der Waals surface area contributed by atoms with E-state index in [0.29, 0.717) is 0 Å². The second-order valence-electron chi connectivity index (χ2n) is 4.31. The normalized spacial score (nSPS) is 23.2. The van der Waals surface area contributed by atoms with Crippen LogP contribution in [0, 0.1) is 0 Å². The van der Waals surface area contributed by atoms with Crippen molar-refractivity contribution in [3.63, 3.8) is 0 Å². The van der Waals surface area contributed by atoms with Crippen LogP contribution in [0.3, 0.4) is 0 Å². The Morgan fingerprint density at radius 1 is 1.40 bits per heavy atom. The van der Waals surface area contributed by atoms with Gasteiger partial charge in [0.1, 0.15) is 0 Å². The molecule has 1 aliphatic rings. The number of rotatable bonds is 7. The van der Waals surface area contributed by atoms with Crippen LogP contribution in [-0.4, -0.2) is 42.1 Å². The summed E-state index contributed by atoms with van der Waals surface area (Å²) in [6.45, 7) is 5.69. The zero-order valence-corrected chi connectivity index (χ0v) is 10.9. The second-order valence-corrected chi connectivity index (χ2v) is 5.71. The Balaban J connectivity index is 2.17. The lowest BCUT2D eigenvalue weighted by atomic mass is 9.99. The Bertz CT molecular complexity index is 151. The van der Waals surface area contributed by atoms with E-state index in [1.807, 2.05) is 0 Å². The molecule has 0 spiro atoms. The van der Waals surface area contributed by atoms with Gasteiger partial charge in [-0.05, 0) is 56.8 Å². The van der Waals surface area contributed by atoms with E-state index in [1.165, 1.54) is 56.7 Å². The zero-order valence-electron chi connectivity index (χ0n) is 10.1. The highest BCUT2D eigenvalue weighted by Crippen LogP contribution is 2.19. The molecule has 1 heterocycles. The molecular weight excluding hydrogens is 204 g/mol. The molecule has 1 fully saturated rings. The van der Waals surface area contributed by atoms with Gasteiger partial charge in [-0.2, -0.15) is 11.8 Å². The van der Waals surface area contributed by atoms with Gasteiger partial charge in [-0.1, -0.05) is 13.3 Å². The first-order chi connectivity index (χ1) is 7.38. The van der Waals surface area contributed by atoms with E-state index in [4.69, 9.17) is 5.73 Å². The molecule has 0 aromatic carbocycles. The van der Waals surface area contributed by atoms with E-state index in [-0.39, 0.29) is 0 Å². The van der Waals surface area contributed by atoms with E-state index >= 15 is 0 Å². The van der Waals surface area contributed by atoms with Gasteiger partial charge in [0, 0.05) is 6.04 Å². The summed E-state index contributed by atoms with van der Waals surface area (Å²) in [4.78, 5) is 2.67. The van der Waals surface area contributed by atoms with E-state index in [2.05, 4.69) is 23.6 Å². The van der Waals surface area contributed by atoms with E-state index in [1.54, 1.807) is 0 Å². The van der Waals surface area contributed by atoms with Gasteiger partial charge >= 0.3 is 0 Å². The summed E-state index contributed by atoms with van der Waals surface area (Å²) in [7, 11) is 0. The standard InChI is InChI=1S/C12H26N2S/c1-2-15-11-5-10-14-9-4-3-6-12(14)7-8-13/h12H,2-11,13H2,1H3. The van der Waals surface area contributed by atoms with Gasteiger partial charge in [0.15, 0.2) is 0 Å². The predicted octanol–water partition coefficient (Wildman–Crippen LogP) is 2.33. The molecule has 0 amide bonds. The summed E-state index contributed by atoms with van der Waals surface area (Å²) in [5.74, 6) is 2.58. The highest BCUT2D eigenvalue weighted by atomic mass is 32.2. The lowest BCUT2D eigenvalue weighted by Gasteiger charge is -2.35. The first-order valence-corrected chi connectivity index (χ1v) is 7.55. The summed E-state index contributed by atoms with van der Waals surface area (Å²) in [6, 6.07) is 0.787. The van der Waals surface area contributed by atoms with Crippen molar-refractivity contribution in [3.05, 3.63) is 0 Å². The van der Waals surface area contributed by atoms with Crippen LogP contribution in [-0.2, 0) is 0 Å². The fourth-order valence-corrected chi connectivity index (χ4v) is 3.01. The van der Waals surface area contributed by atoms with Crippen LogP contribution in [0.4, 0.5) is 0 Å². The number of hydrogen-bond acceptors (Lipinski definition) is 3. The Morgan fingerprint density at radius 2 is 2.27 bits per heavy atom. The van der Waals surface area contributed by atoms with Gasteiger partial charge in [-0.3, -0.25) is 0 Å². The number of piperidine rings is 1. The predicted molar refractivity (Wildman–Crippen MR) is 70.5 cm³/mol. The first kappa shape index (κ1) is 13.3. The molecule has 1 unspecified atom stereocenters. The van der Waals surface area contributed by atoms with Crippen LogP contribution >= 0.6 is 11.8 Å². The minimum Gasteiger partial charge on any atom is -0.330 e. The highest BCUT2D eigenvalue weighted by Gasteiger charge is 2.20. The van der Waals surface area contributed by atoms with Crippen LogP contribution in [0.25, 0.3) is 0 Å². The summed E-state index contributed by atoms with van der Waals surface area (Å²) in [5, 5.41) is 0. The van der Waals surface area contributed by atoms with Gasteiger partial charge < -0.3 is 10.6 Å². The Morgan fingerprint density at radius 3 is 3.00 bits per heavy atom. The average molecular weight is 230 g/mol. The summed E-state index contributed by atoms with van der Waals surface area (Å²) >= 11 is 2.06. The lowest BCUT2D eigenvalue weighted by Crippen LogP contribution is -2.41. The maximum Gasteiger partial charge on any atom is 0.0107 e. The number of nitrogens with zero attached hydrogens (tertiary/aromatic N) is 1. The molecule has 3 heteroatoms. The Kier molecular flexibility index (Phi) is 7.49. The van der Waals surface area contributed by atoms with Gasteiger partial charge in [0.25, 0.3) is 0 Å². The van der Waals surface area contributed by atoms with Crippen LogP contribution in [0.2, 0.25) is 0 Å². The molecule has 1 saturated heterocycles. The molecule has 0 aromatic rings. The molecule has 0 aliphatic carbocycles. The average Bonchev–Trinajstić information content (AvgIpc) is 2.27. The van der Waals surface area contributed by atoms with Crippen LogP contribution in [0.1, 0.15) is 39.0 Å². The lowest BCUT2D eigenvalue weighted by molar-refractivity contribution is 0.143. The van der Waals surface area contributed by atoms with E-state index in [9.17, 15) is 0 Å². The molecule has 0 aromatic heterocycles. The van der Waals surface area contributed by atoms with Crippen molar-refractivity contribution in [2.24, 2.45) is 5.73 Å². The molecule has 15 heavy (non-hydrogen) atoms. The van der Waals surface area contributed by atoms with Crippen LogP contribution < -0.4 is 5.73 Å². The van der Waals surface area contributed by atoms with Crippen molar-refractivity contribution in [2.75, 3.05) is 31.1 Å². The number of nitrogens with two attached hydrogens (primary N) is 1. The molecular formula is C12H26N2S. The van der Waals surface area contributed by atoms with Crippen molar-refractivity contribution < 1.29 is 0 Å². The Labute approximate surface area is 99.0 Å². The zero-order chi connectivity index (χ0) is 10.9. The van der Waals surface area contributed by atoms with Crippen molar-refractivity contribution in [1.82, 2.24) is 4.90 Å².